The third kappa shape index (κ3) is 5.25. The van der Waals surface area contributed by atoms with Crippen LogP contribution in [-0.2, 0) is 0 Å². The number of anilines is 2. The highest BCUT2D eigenvalue weighted by Gasteiger charge is 2.18. The Morgan fingerprint density at radius 2 is 1.58 bits per heavy atom. The van der Waals surface area contributed by atoms with E-state index in [9.17, 15) is 14.4 Å². The molecule has 3 rings (SSSR count). The van der Waals surface area contributed by atoms with Gasteiger partial charge in [-0.25, -0.2) is 0 Å². The predicted octanol–water partition coefficient (Wildman–Crippen LogP) is 5.57. The summed E-state index contributed by atoms with van der Waals surface area (Å²) in [5.41, 5.74) is 1.87. The Balaban J connectivity index is 1.74. The van der Waals surface area contributed by atoms with Crippen LogP contribution in [0.25, 0.3) is 0 Å². The molecule has 160 valence electrons. The minimum absolute atomic E-state index is 0.226. The smallest absolute Gasteiger partial charge is 0.266 e. The highest BCUT2D eigenvalue weighted by molar-refractivity contribution is 7.18. The maximum Gasteiger partial charge on any atom is 0.266 e. The van der Waals surface area contributed by atoms with Crippen LogP contribution in [0, 0.1) is 6.92 Å². The number of halogens is 2. The van der Waals surface area contributed by atoms with Crippen molar-refractivity contribution < 1.29 is 14.4 Å². The Bertz CT molecular complexity index is 1170. The summed E-state index contributed by atoms with van der Waals surface area (Å²) in [6.45, 7) is 1.78. The number of hydrogen-bond donors (Lipinski definition) is 2. The first-order valence-electron chi connectivity index (χ1n) is 9.16. The van der Waals surface area contributed by atoms with E-state index in [1.54, 1.807) is 63.5 Å². The van der Waals surface area contributed by atoms with Gasteiger partial charge < -0.3 is 15.5 Å². The summed E-state index contributed by atoms with van der Waals surface area (Å²) in [5.74, 6) is -0.925. The van der Waals surface area contributed by atoms with Crippen molar-refractivity contribution in [3.63, 3.8) is 0 Å². The zero-order chi connectivity index (χ0) is 22.7. The average Bonchev–Trinajstić information content (AvgIpc) is 3.08. The molecule has 2 aromatic carbocycles. The second kappa shape index (κ2) is 9.51. The second-order valence-electron chi connectivity index (χ2n) is 6.91. The van der Waals surface area contributed by atoms with Gasteiger partial charge in [0.2, 0.25) is 0 Å². The monoisotopic (exact) mass is 475 g/mol. The molecule has 0 radical (unpaired) electrons. The van der Waals surface area contributed by atoms with Gasteiger partial charge in [-0.2, -0.15) is 0 Å². The largest absolute Gasteiger partial charge is 0.345 e. The van der Waals surface area contributed by atoms with Gasteiger partial charge in [0.15, 0.2) is 0 Å². The standard InChI is InChI=1S/C22H19Cl2N3O3S/c1-12-10-18(26-20(28)14-6-4-5-7-16(14)23)31-19(12)21(29)25-13-8-9-15(17(24)11-13)22(30)27(2)3/h4-11H,1-3H3,(H,25,29)(H,26,28). The number of aryl methyl sites for hydroxylation is 1. The molecule has 0 aliphatic heterocycles. The minimum Gasteiger partial charge on any atom is -0.345 e. The van der Waals surface area contributed by atoms with Crippen molar-refractivity contribution >= 4 is 62.9 Å². The molecular weight excluding hydrogens is 457 g/mol. The van der Waals surface area contributed by atoms with Crippen LogP contribution in [0.1, 0.15) is 36.0 Å². The summed E-state index contributed by atoms with van der Waals surface area (Å²) < 4.78 is 0. The normalized spacial score (nSPS) is 10.5. The molecule has 0 unspecified atom stereocenters. The van der Waals surface area contributed by atoms with E-state index in [-0.39, 0.29) is 22.7 Å². The third-order valence-corrected chi connectivity index (χ3v) is 6.14. The highest BCUT2D eigenvalue weighted by atomic mass is 35.5. The van der Waals surface area contributed by atoms with Crippen molar-refractivity contribution in [3.05, 3.63) is 80.1 Å². The summed E-state index contributed by atoms with van der Waals surface area (Å²) in [4.78, 5) is 39.2. The quantitative estimate of drug-likeness (QED) is 0.506. The first-order chi connectivity index (χ1) is 14.7. The molecule has 1 heterocycles. The lowest BCUT2D eigenvalue weighted by molar-refractivity contribution is 0.0827. The lowest BCUT2D eigenvalue weighted by Crippen LogP contribution is -2.22. The van der Waals surface area contributed by atoms with Crippen molar-refractivity contribution in [1.29, 1.82) is 0 Å². The van der Waals surface area contributed by atoms with Crippen LogP contribution in [0.2, 0.25) is 10.0 Å². The first kappa shape index (κ1) is 22.8. The molecule has 0 saturated heterocycles. The van der Waals surface area contributed by atoms with Crippen molar-refractivity contribution in [1.82, 2.24) is 4.90 Å². The molecule has 0 atom stereocenters. The van der Waals surface area contributed by atoms with Gasteiger partial charge in [-0.3, -0.25) is 14.4 Å². The van der Waals surface area contributed by atoms with E-state index in [2.05, 4.69) is 10.6 Å². The number of amides is 3. The molecule has 9 heteroatoms. The summed E-state index contributed by atoms with van der Waals surface area (Å²) >= 11 is 13.4. The highest BCUT2D eigenvalue weighted by Crippen LogP contribution is 2.29. The van der Waals surface area contributed by atoms with Crippen molar-refractivity contribution in [2.24, 2.45) is 0 Å². The van der Waals surface area contributed by atoms with Gasteiger partial charge in [0.25, 0.3) is 17.7 Å². The molecule has 3 aromatic rings. The maximum atomic E-state index is 12.7. The fraction of sp³-hybridized carbons (Fsp3) is 0.136. The van der Waals surface area contributed by atoms with E-state index >= 15 is 0 Å². The molecule has 0 fully saturated rings. The van der Waals surface area contributed by atoms with E-state index in [1.807, 2.05) is 0 Å². The lowest BCUT2D eigenvalue weighted by Gasteiger charge is -2.12. The number of nitrogens with zero attached hydrogens (tertiary/aromatic N) is 1. The number of thiophene rings is 1. The molecule has 3 amide bonds. The van der Waals surface area contributed by atoms with Crippen LogP contribution < -0.4 is 10.6 Å². The van der Waals surface area contributed by atoms with E-state index in [0.29, 0.717) is 37.3 Å². The van der Waals surface area contributed by atoms with Gasteiger partial charge >= 0.3 is 0 Å². The molecule has 0 spiro atoms. The van der Waals surface area contributed by atoms with Gasteiger partial charge in [0, 0.05) is 19.8 Å². The average molecular weight is 476 g/mol. The molecule has 31 heavy (non-hydrogen) atoms. The molecular formula is C22H19Cl2N3O3S. The molecule has 0 saturated carbocycles. The van der Waals surface area contributed by atoms with Crippen molar-refractivity contribution in [2.45, 2.75) is 6.92 Å². The van der Waals surface area contributed by atoms with Crippen LogP contribution in [0.4, 0.5) is 10.7 Å². The SMILES string of the molecule is Cc1cc(NC(=O)c2ccccc2Cl)sc1C(=O)Nc1ccc(C(=O)N(C)C)c(Cl)c1. The Morgan fingerprint density at radius 3 is 2.23 bits per heavy atom. The maximum absolute atomic E-state index is 12.7. The van der Waals surface area contributed by atoms with Crippen molar-refractivity contribution in [2.75, 3.05) is 24.7 Å². The van der Waals surface area contributed by atoms with Crippen LogP contribution in [0.3, 0.4) is 0 Å². The number of nitrogens with one attached hydrogen (secondary N) is 2. The lowest BCUT2D eigenvalue weighted by atomic mass is 10.1. The number of hydrogen-bond acceptors (Lipinski definition) is 4. The molecule has 2 N–H and O–H groups in total. The molecule has 1 aromatic heterocycles. The Hall–Kier alpha value is -2.87. The Kier molecular flexibility index (Phi) is 7.00. The van der Waals surface area contributed by atoms with Gasteiger partial charge in [0.1, 0.15) is 0 Å². The topological polar surface area (TPSA) is 78.5 Å². The predicted molar refractivity (Wildman–Crippen MR) is 126 cm³/mol. The van der Waals surface area contributed by atoms with Gasteiger partial charge in [-0.15, -0.1) is 11.3 Å². The number of benzene rings is 2. The zero-order valence-corrected chi connectivity index (χ0v) is 19.3. The minimum atomic E-state index is -0.355. The number of rotatable bonds is 5. The summed E-state index contributed by atoms with van der Waals surface area (Å²) in [5, 5.41) is 6.66. The Morgan fingerprint density at radius 1 is 0.871 bits per heavy atom. The van der Waals surface area contributed by atoms with Gasteiger partial charge in [0.05, 0.1) is 31.1 Å². The molecule has 0 aliphatic carbocycles. The van der Waals surface area contributed by atoms with Crippen LogP contribution in [-0.4, -0.2) is 36.7 Å². The van der Waals surface area contributed by atoms with Gasteiger partial charge in [-0.05, 0) is 48.9 Å². The second-order valence-corrected chi connectivity index (χ2v) is 8.77. The number of carbonyl (C=O) groups excluding carboxylic acids is 3. The molecule has 0 aliphatic rings. The Labute approximate surface area is 193 Å². The third-order valence-electron chi connectivity index (χ3n) is 4.34. The van der Waals surface area contributed by atoms with E-state index in [0.717, 1.165) is 11.3 Å². The fourth-order valence-electron chi connectivity index (χ4n) is 2.79. The molecule has 6 nitrogen and oxygen atoms in total. The van der Waals surface area contributed by atoms with Crippen LogP contribution >= 0.6 is 34.5 Å². The summed E-state index contributed by atoms with van der Waals surface area (Å²) in [7, 11) is 3.27. The van der Waals surface area contributed by atoms with Crippen molar-refractivity contribution in [3.8, 4) is 0 Å². The van der Waals surface area contributed by atoms with E-state index < -0.39 is 0 Å². The van der Waals surface area contributed by atoms with E-state index in [1.165, 1.54) is 11.0 Å². The van der Waals surface area contributed by atoms with E-state index in [4.69, 9.17) is 23.2 Å². The first-order valence-corrected chi connectivity index (χ1v) is 10.7. The zero-order valence-electron chi connectivity index (χ0n) is 17.0. The summed E-state index contributed by atoms with van der Waals surface area (Å²) in [6, 6.07) is 13.2. The fourth-order valence-corrected chi connectivity index (χ4v) is 4.23. The van der Waals surface area contributed by atoms with Crippen LogP contribution in [0.15, 0.2) is 48.5 Å². The van der Waals surface area contributed by atoms with Gasteiger partial charge in [-0.1, -0.05) is 35.3 Å². The summed E-state index contributed by atoms with van der Waals surface area (Å²) in [6.07, 6.45) is 0. The number of carbonyl (C=O) groups is 3. The molecule has 0 bridgehead atoms. The van der Waals surface area contributed by atoms with Crippen LogP contribution in [0.5, 0.6) is 0 Å².